The largest absolute Gasteiger partial charge is 0.309 e. The van der Waals surface area contributed by atoms with E-state index in [0.29, 0.717) is 0 Å². The van der Waals surface area contributed by atoms with Crippen molar-refractivity contribution in [1.82, 2.24) is 9.55 Å². The van der Waals surface area contributed by atoms with Crippen molar-refractivity contribution in [2.45, 2.75) is 19.6 Å². The number of benzene rings is 6. The summed E-state index contributed by atoms with van der Waals surface area (Å²) in [5.74, 6) is 0. The summed E-state index contributed by atoms with van der Waals surface area (Å²) >= 11 is 3.76. The van der Waals surface area contributed by atoms with Gasteiger partial charge in [0.1, 0.15) is 0 Å². The first kappa shape index (κ1) is 26.4. The molecule has 0 saturated heterocycles. The minimum absolute atomic E-state index is 0.958. The molecule has 0 spiro atoms. The van der Waals surface area contributed by atoms with Gasteiger partial charge in [-0.2, -0.15) is 0 Å². The number of rotatable bonds is 4. The number of hydrogen-bond donors (Lipinski definition) is 0. The quantitative estimate of drug-likeness (QED) is 0.197. The van der Waals surface area contributed by atoms with Gasteiger partial charge in [-0.1, -0.05) is 133 Å². The zero-order chi connectivity index (χ0) is 29.7. The fourth-order valence-corrected chi connectivity index (χ4v) is 8.74. The molecule has 1 aliphatic heterocycles. The van der Waals surface area contributed by atoms with E-state index in [1.807, 2.05) is 23.5 Å². The summed E-state index contributed by atoms with van der Waals surface area (Å²) < 4.78 is 2.44. The lowest BCUT2D eigenvalue weighted by Crippen LogP contribution is -1.98. The first-order valence-corrected chi connectivity index (χ1v) is 16.7. The highest BCUT2D eigenvalue weighted by Gasteiger charge is 2.24. The Morgan fingerprint density at radius 3 is 1.62 bits per heavy atom. The lowest BCUT2D eigenvalue weighted by atomic mass is 10.0. The van der Waals surface area contributed by atoms with Crippen LogP contribution in [0, 0.1) is 0 Å². The first-order valence-electron chi connectivity index (χ1n) is 15.0. The molecule has 45 heavy (non-hydrogen) atoms. The predicted molar refractivity (Wildman–Crippen MR) is 190 cm³/mol. The van der Waals surface area contributed by atoms with E-state index < -0.39 is 0 Å². The standard InChI is InChI=1S/C41H26N2S2/c1-4-12-27(13-5-1)30-20-21-35-32(24-30)40-36(22-23-39-41(40)45-38-19-11-10-18-37(38)44-39)43(35)31-25-33(28-14-6-2-7-15-28)42-34(26-31)29-16-8-3-9-17-29/h1-26H. The van der Waals surface area contributed by atoms with Crippen molar-refractivity contribution in [2.75, 3.05) is 0 Å². The van der Waals surface area contributed by atoms with Crippen LogP contribution in [0.2, 0.25) is 0 Å². The van der Waals surface area contributed by atoms with Crippen LogP contribution in [0.1, 0.15) is 0 Å². The maximum Gasteiger partial charge on any atom is 0.0730 e. The summed E-state index contributed by atoms with van der Waals surface area (Å²) in [5, 5.41) is 2.56. The van der Waals surface area contributed by atoms with Crippen LogP contribution < -0.4 is 0 Å². The second-order valence-electron chi connectivity index (χ2n) is 11.2. The van der Waals surface area contributed by atoms with Gasteiger partial charge >= 0.3 is 0 Å². The fraction of sp³-hybridized carbons (Fsp3) is 0. The molecular formula is C41H26N2S2. The molecule has 0 bridgehead atoms. The van der Waals surface area contributed by atoms with Crippen molar-refractivity contribution < 1.29 is 0 Å². The van der Waals surface area contributed by atoms with Crippen LogP contribution in [0.4, 0.5) is 0 Å². The molecular weight excluding hydrogens is 585 g/mol. The van der Waals surface area contributed by atoms with Crippen molar-refractivity contribution in [3.63, 3.8) is 0 Å². The van der Waals surface area contributed by atoms with Gasteiger partial charge in [0.15, 0.2) is 0 Å². The van der Waals surface area contributed by atoms with Crippen LogP contribution in [-0.4, -0.2) is 9.55 Å². The van der Waals surface area contributed by atoms with E-state index in [-0.39, 0.29) is 0 Å². The Labute approximate surface area is 270 Å². The monoisotopic (exact) mass is 610 g/mol. The van der Waals surface area contributed by atoms with Crippen LogP contribution in [0.25, 0.3) is 61.1 Å². The zero-order valence-electron chi connectivity index (χ0n) is 24.2. The van der Waals surface area contributed by atoms with Gasteiger partial charge in [0.25, 0.3) is 0 Å². The van der Waals surface area contributed by atoms with Gasteiger partial charge in [-0.25, -0.2) is 4.98 Å². The number of hydrogen-bond acceptors (Lipinski definition) is 3. The molecule has 8 aromatic rings. The summed E-state index contributed by atoms with van der Waals surface area (Å²) in [6.45, 7) is 0. The molecule has 0 N–H and O–H groups in total. The van der Waals surface area contributed by atoms with Crippen LogP contribution >= 0.6 is 23.5 Å². The molecule has 9 rings (SSSR count). The molecule has 0 amide bonds. The van der Waals surface area contributed by atoms with E-state index in [1.54, 1.807) is 0 Å². The molecule has 4 heteroatoms. The minimum atomic E-state index is 0.958. The topological polar surface area (TPSA) is 17.8 Å². The summed E-state index contributed by atoms with van der Waals surface area (Å²) in [6.07, 6.45) is 0. The van der Waals surface area contributed by atoms with Gasteiger partial charge in [-0.3, -0.25) is 0 Å². The van der Waals surface area contributed by atoms with E-state index in [1.165, 1.54) is 52.5 Å². The summed E-state index contributed by atoms with van der Waals surface area (Å²) in [6, 6.07) is 56.4. The molecule has 3 heterocycles. The number of nitrogens with zero attached hydrogens (tertiary/aromatic N) is 2. The third-order valence-corrected chi connectivity index (χ3v) is 11.0. The summed E-state index contributed by atoms with van der Waals surface area (Å²) in [7, 11) is 0. The molecule has 0 aliphatic carbocycles. The molecule has 0 saturated carbocycles. The SMILES string of the molecule is c1ccc(-c2ccc3c(c2)c2c4c(ccc2n3-c2cc(-c3ccccc3)nc(-c3ccccc3)c2)Sc2ccccc2S4)cc1. The van der Waals surface area contributed by atoms with E-state index in [0.717, 1.165) is 28.2 Å². The molecule has 0 unspecified atom stereocenters. The van der Waals surface area contributed by atoms with E-state index in [2.05, 4.69) is 162 Å². The highest BCUT2D eigenvalue weighted by Crippen LogP contribution is 2.53. The normalized spacial score (nSPS) is 12.3. The van der Waals surface area contributed by atoms with Crippen molar-refractivity contribution in [2.24, 2.45) is 0 Å². The highest BCUT2D eigenvalue weighted by molar-refractivity contribution is 8.05. The summed E-state index contributed by atoms with van der Waals surface area (Å²) in [4.78, 5) is 10.4. The third-order valence-electron chi connectivity index (χ3n) is 8.44. The molecule has 2 nitrogen and oxygen atoms in total. The van der Waals surface area contributed by atoms with Crippen molar-refractivity contribution in [3.05, 3.63) is 158 Å². The fourth-order valence-electron chi connectivity index (χ4n) is 6.34. The van der Waals surface area contributed by atoms with Crippen LogP contribution in [0.15, 0.2) is 177 Å². The maximum atomic E-state index is 5.17. The first-order chi connectivity index (χ1) is 22.3. The molecule has 2 aromatic heterocycles. The Morgan fingerprint density at radius 1 is 0.422 bits per heavy atom. The van der Waals surface area contributed by atoms with Gasteiger partial charge in [-0.15, -0.1) is 0 Å². The van der Waals surface area contributed by atoms with E-state index in [9.17, 15) is 0 Å². The van der Waals surface area contributed by atoms with Gasteiger partial charge in [0, 0.05) is 41.5 Å². The Bertz CT molecular complexity index is 2300. The molecule has 1 aliphatic rings. The Morgan fingerprint density at radius 2 is 0.978 bits per heavy atom. The minimum Gasteiger partial charge on any atom is -0.309 e. The van der Waals surface area contributed by atoms with Gasteiger partial charge in [-0.05, 0) is 59.7 Å². The van der Waals surface area contributed by atoms with Gasteiger partial charge in [0.05, 0.1) is 28.1 Å². The predicted octanol–water partition coefficient (Wildman–Crippen LogP) is 11.8. The summed E-state index contributed by atoms with van der Waals surface area (Å²) in [5.41, 5.74) is 10.0. The van der Waals surface area contributed by atoms with Crippen LogP contribution in [-0.2, 0) is 0 Å². The third kappa shape index (κ3) is 4.57. The number of pyridine rings is 1. The van der Waals surface area contributed by atoms with Crippen molar-refractivity contribution in [3.8, 4) is 39.3 Å². The molecule has 212 valence electrons. The van der Waals surface area contributed by atoms with Crippen molar-refractivity contribution in [1.29, 1.82) is 0 Å². The zero-order valence-corrected chi connectivity index (χ0v) is 25.9. The number of fused-ring (bicyclic) bond motifs is 6. The molecule has 0 fully saturated rings. The van der Waals surface area contributed by atoms with E-state index >= 15 is 0 Å². The van der Waals surface area contributed by atoms with Gasteiger partial charge in [0.2, 0.25) is 0 Å². The molecule has 0 atom stereocenters. The molecule has 0 radical (unpaired) electrons. The Hall–Kier alpha value is -5.03. The van der Waals surface area contributed by atoms with Crippen LogP contribution in [0.5, 0.6) is 0 Å². The maximum absolute atomic E-state index is 5.17. The number of aromatic nitrogens is 2. The van der Waals surface area contributed by atoms with Crippen molar-refractivity contribution >= 4 is 45.3 Å². The smallest absolute Gasteiger partial charge is 0.0730 e. The van der Waals surface area contributed by atoms with E-state index in [4.69, 9.17) is 4.98 Å². The second-order valence-corrected chi connectivity index (χ2v) is 13.3. The van der Waals surface area contributed by atoms with Crippen LogP contribution in [0.3, 0.4) is 0 Å². The second kappa shape index (κ2) is 10.8. The lowest BCUT2D eigenvalue weighted by Gasteiger charge is -2.19. The lowest BCUT2D eigenvalue weighted by molar-refractivity contribution is 1.14. The highest BCUT2D eigenvalue weighted by atomic mass is 32.2. The Balaban J connectivity index is 1.35. The average molecular weight is 611 g/mol. The Kier molecular flexibility index (Phi) is 6.36. The average Bonchev–Trinajstić information content (AvgIpc) is 3.46. The van der Waals surface area contributed by atoms with Gasteiger partial charge < -0.3 is 4.57 Å². The molecule has 6 aromatic carbocycles.